The van der Waals surface area contributed by atoms with Gasteiger partial charge in [0, 0.05) is 22.6 Å². The number of ether oxygens (including phenoxy) is 1. The number of nitro benzene ring substituents is 1. The van der Waals surface area contributed by atoms with Gasteiger partial charge in [-0.05, 0) is 54.6 Å². The van der Waals surface area contributed by atoms with E-state index < -0.39 is 10.9 Å². The van der Waals surface area contributed by atoms with Crippen molar-refractivity contribution in [2.45, 2.75) is 24.7 Å². The molecule has 0 saturated heterocycles. The molecule has 2 rings (SSSR count). The topological polar surface area (TPSA) is 86.5 Å². The SMILES string of the molecule is CCCCOC(=O)c1ccc(C(=O)Sc2ccc([N+](=O)[O-])cc2)cc1. The lowest BCUT2D eigenvalue weighted by atomic mass is 10.1. The summed E-state index contributed by atoms with van der Waals surface area (Å²) in [4.78, 5) is 34.8. The molecule has 7 heteroatoms. The van der Waals surface area contributed by atoms with Crippen molar-refractivity contribution in [2.24, 2.45) is 0 Å². The van der Waals surface area contributed by atoms with Crippen LogP contribution in [0.5, 0.6) is 0 Å². The van der Waals surface area contributed by atoms with Gasteiger partial charge in [-0.1, -0.05) is 13.3 Å². The maximum Gasteiger partial charge on any atom is 0.338 e. The van der Waals surface area contributed by atoms with E-state index in [1.165, 1.54) is 24.3 Å². The second-order valence-electron chi connectivity index (χ2n) is 5.21. The molecule has 0 saturated carbocycles. The summed E-state index contributed by atoms with van der Waals surface area (Å²) in [6.45, 7) is 2.39. The molecule has 0 unspecified atom stereocenters. The molecule has 6 nitrogen and oxygen atoms in total. The predicted octanol–water partition coefficient (Wildman–Crippen LogP) is 4.48. The maximum absolute atomic E-state index is 12.2. The lowest BCUT2D eigenvalue weighted by Crippen LogP contribution is -2.06. The highest BCUT2D eigenvalue weighted by Crippen LogP contribution is 2.25. The van der Waals surface area contributed by atoms with Gasteiger partial charge in [-0.25, -0.2) is 4.79 Å². The quantitative estimate of drug-likeness (QED) is 0.238. The summed E-state index contributed by atoms with van der Waals surface area (Å²) in [5.74, 6) is -0.407. The van der Waals surface area contributed by atoms with E-state index in [1.54, 1.807) is 24.3 Å². The fraction of sp³-hybridized carbons (Fsp3) is 0.222. The molecule has 130 valence electrons. The Hall–Kier alpha value is -2.67. The zero-order valence-corrected chi connectivity index (χ0v) is 14.5. The molecule has 0 aliphatic heterocycles. The van der Waals surface area contributed by atoms with Gasteiger partial charge in [0.15, 0.2) is 0 Å². The molecule has 0 atom stereocenters. The van der Waals surface area contributed by atoms with Crippen molar-refractivity contribution >= 4 is 28.5 Å². The van der Waals surface area contributed by atoms with Crippen LogP contribution in [0.1, 0.15) is 40.5 Å². The first-order valence-corrected chi connectivity index (χ1v) is 8.56. The van der Waals surface area contributed by atoms with Gasteiger partial charge in [0.05, 0.1) is 17.1 Å². The third-order valence-electron chi connectivity index (χ3n) is 3.35. The lowest BCUT2D eigenvalue weighted by molar-refractivity contribution is -0.384. The maximum atomic E-state index is 12.2. The van der Waals surface area contributed by atoms with E-state index in [1.807, 2.05) is 6.92 Å². The normalized spacial score (nSPS) is 10.3. The fourth-order valence-electron chi connectivity index (χ4n) is 1.94. The van der Waals surface area contributed by atoms with Crippen molar-refractivity contribution in [3.8, 4) is 0 Å². The Labute approximate surface area is 149 Å². The second-order valence-corrected chi connectivity index (χ2v) is 6.25. The summed E-state index contributed by atoms with van der Waals surface area (Å²) in [6.07, 6.45) is 1.76. The van der Waals surface area contributed by atoms with Gasteiger partial charge in [-0.3, -0.25) is 14.9 Å². The van der Waals surface area contributed by atoms with Gasteiger partial charge < -0.3 is 4.74 Å². The summed E-state index contributed by atoms with van der Waals surface area (Å²) in [5, 5.41) is 10.4. The summed E-state index contributed by atoms with van der Waals surface area (Å²) in [5.41, 5.74) is 0.809. The molecule has 0 aliphatic rings. The van der Waals surface area contributed by atoms with Crippen molar-refractivity contribution in [1.82, 2.24) is 0 Å². The Bertz CT molecular complexity index is 756. The van der Waals surface area contributed by atoms with Crippen LogP contribution in [0, 0.1) is 10.1 Å². The Balaban J connectivity index is 1.97. The largest absolute Gasteiger partial charge is 0.462 e. The number of non-ortho nitro benzene ring substituents is 1. The average molecular weight is 359 g/mol. The first kappa shape index (κ1) is 18.7. The molecule has 0 aromatic heterocycles. The third kappa shape index (κ3) is 5.42. The molecular formula is C18H17NO5S. The number of esters is 1. The van der Waals surface area contributed by atoms with Gasteiger partial charge in [0.25, 0.3) is 5.69 Å². The summed E-state index contributed by atoms with van der Waals surface area (Å²) in [6, 6.07) is 12.0. The zero-order chi connectivity index (χ0) is 18.2. The van der Waals surface area contributed by atoms with Crippen LogP contribution in [0.4, 0.5) is 5.69 Å². The van der Waals surface area contributed by atoms with E-state index in [-0.39, 0.29) is 10.8 Å². The molecule has 0 aliphatic carbocycles. The number of hydrogen-bond donors (Lipinski definition) is 0. The minimum absolute atomic E-state index is 0.0252. The van der Waals surface area contributed by atoms with Crippen LogP contribution in [0.15, 0.2) is 53.4 Å². The standard InChI is InChI=1S/C18H17NO5S/c1-2-3-12-24-17(20)13-4-6-14(7-5-13)18(21)25-16-10-8-15(9-11-16)19(22)23/h4-11H,2-3,12H2,1H3. The van der Waals surface area contributed by atoms with E-state index in [2.05, 4.69) is 0 Å². The molecule has 0 amide bonds. The zero-order valence-electron chi connectivity index (χ0n) is 13.6. The van der Waals surface area contributed by atoms with E-state index in [9.17, 15) is 19.7 Å². The van der Waals surface area contributed by atoms with Crippen LogP contribution in [0.25, 0.3) is 0 Å². The van der Waals surface area contributed by atoms with Crippen molar-refractivity contribution in [2.75, 3.05) is 6.61 Å². The highest BCUT2D eigenvalue weighted by atomic mass is 32.2. The fourth-order valence-corrected chi connectivity index (χ4v) is 2.68. The molecule has 0 N–H and O–H groups in total. The van der Waals surface area contributed by atoms with E-state index in [0.717, 1.165) is 24.6 Å². The summed E-state index contributed by atoms with van der Waals surface area (Å²) >= 11 is 0.971. The van der Waals surface area contributed by atoms with Crippen LogP contribution in [-0.2, 0) is 4.74 Å². The molecule has 2 aromatic carbocycles. The number of carbonyl (C=O) groups is 2. The monoisotopic (exact) mass is 359 g/mol. The molecule has 0 radical (unpaired) electrons. The smallest absolute Gasteiger partial charge is 0.338 e. The van der Waals surface area contributed by atoms with Crippen LogP contribution in [0.3, 0.4) is 0 Å². The second kappa shape index (κ2) is 8.98. The van der Waals surface area contributed by atoms with Gasteiger partial charge in [0.1, 0.15) is 0 Å². The van der Waals surface area contributed by atoms with E-state index in [0.29, 0.717) is 22.6 Å². The van der Waals surface area contributed by atoms with Crippen LogP contribution >= 0.6 is 11.8 Å². The Kier molecular flexibility index (Phi) is 6.71. The van der Waals surface area contributed by atoms with Crippen molar-refractivity contribution in [3.63, 3.8) is 0 Å². The number of hydrogen-bond acceptors (Lipinski definition) is 6. The number of thioether (sulfide) groups is 1. The van der Waals surface area contributed by atoms with Gasteiger partial charge in [0.2, 0.25) is 5.12 Å². The number of benzene rings is 2. The number of rotatable bonds is 7. The number of carbonyl (C=O) groups excluding carboxylic acids is 2. The molecule has 0 bridgehead atoms. The molecular weight excluding hydrogens is 342 g/mol. The third-order valence-corrected chi connectivity index (χ3v) is 4.27. The van der Waals surface area contributed by atoms with Gasteiger partial charge >= 0.3 is 5.97 Å². The minimum atomic E-state index is -0.491. The lowest BCUT2D eigenvalue weighted by Gasteiger charge is -2.05. The molecule has 0 heterocycles. The Morgan fingerprint density at radius 3 is 2.20 bits per heavy atom. The van der Waals surface area contributed by atoms with Crippen molar-refractivity contribution in [3.05, 3.63) is 69.8 Å². The first-order valence-electron chi connectivity index (χ1n) is 7.75. The van der Waals surface area contributed by atoms with Crippen molar-refractivity contribution < 1.29 is 19.2 Å². The Morgan fingerprint density at radius 1 is 1.04 bits per heavy atom. The highest BCUT2D eigenvalue weighted by Gasteiger charge is 2.12. The molecule has 0 fully saturated rings. The highest BCUT2D eigenvalue weighted by molar-refractivity contribution is 8.14. The molecule has 2 aromatic rings. The van der Waals surface area contributed by atoms with Crippen LogP contribution < -0.4 is 0 Å². The van der Waals surface area contributed by atoms with E-state index >= 15 is 0 Å². The predicted molar refractivity (Wildman–Crippen MR) is 94.9 cm³/mol. The van der Waals surface area contributed by atoms with Gasteiger partial charge in [-0.2, -0.15) is 0 Å². The minimum Gasteiger partial charge on any atom is -0.462 e. The van der Waals surface area contributed by atoms with E-state index in [4.69, 9.17) is 4.74 Å². The summed E-state index contributed by atoms with van der Waals surface area (Å²) < 4.78 is 5.11. The number of nitrogens with zero attached hydrogens (tertiary/aromatic N) is 1. The summed E-state index contributed by atoms with van der Waals surface area (Å²) in [7, 11) is 0. The van der Waals surface area contributed by atoms with Gasteiger partial charge in [-0.15, -0.1) is 0 Å². The average Bonchev–Trinajstić information content (AvgIpc) is 2.62. The molecule has 0 spiro atoms. The van der Waals surface area contributed by atoms with Crippen LogP contribution in [0.2, 0.25) is 0 Å². The number of nitro groups is 1. The molecule has 25 heavy (non-hydrogen) atoms. The number of unbranched alkanes of at least 4 members (excludes halogenated alkanes) is 1. The van der Waals surface area contributed by atoms with Crippen molar-refractivity contribution in [1.29, 1.82) is 0 Å². The Morgan fingerprint density at radius 2 is 1.64 bits per heavy atom. The van der Waals surface area contributed by atoms with Crippen LogP contribution in [-0.4, -0.2) is 22.6 Å². The first-order chi connectivity index (χ1) is 12.0.